The monoisotopic (exact) mass is 313 g/mol. The lowest BCUT2D eigenvalue weighted by atomic mass is 10.1. The van der Waals surface area contributed by atoms with Crippen LogP contribution in [0.4, 0.5) is 0 Å². The molecule has 0 aliphatic heterocycles. The Hall–Kier alpha value is -2.01. The lowest BCUT2D eigenvalue weighted by Gasteiger charge is -2.11. The molecule has 0 spiro atoms. The van der Waals surface area contributed by atoms with Crippen molar-refractivity contribution in [2.24, 2.45) is 0 Å². The van der Waals surface area contributed by atoms with E-state index in [1.54, 1.807) is 12.1 Å². The highest BCUT2D eigenvalue weighted by atomic mass is 35.5. The predicted octanol–water partition coefficient (Wildman–Crippen LogP) is 4.58. The second kappa shape index (κ2) is 6.63. The molecule has 0 aliphatic carbocycles. The zero-order chi connectivity index (χ0) is 15.4. The van der Waals surface area contributed by atoms with Crippen LogP contribution in [0.1, 0.15) is 27.6 Å². The minimum Gasteiger partial charge on any atom is -0.245 e. The lowest BCUT2D eigenvalue weighted by molar-refractivity contribution is 1.02. The second-order valence-electron chi connectivity index (χ2n) is 4.55. The summed E-state index contributed by atoms with van der Waals surface area (Å²) in [5, 5.41) is 19.5. The quantitative estimate of drug-likeness (QED) is 0.778. The van der Waals surface area contributed by atoms with Crippen LogP contribution in [0.5, 0.6) is 0 Å². The Kier molecular flexibility index (Phi) is 4.85. The van der Waals surface area contributed by atoms with Crippen molar-refractivity contribution in [2.75, 3.05) is 0 Å². The van der Waals surface area contributed by atoms with Gasteiger partial charge < -0.3 is 0 Å². The fourth-order valence-electron chi connectivity index (χ4n) is 1.94. The lowest BCUT2D eigenvalue weighted by Crippen LogP contribution is -1.97. The van der Waals surface area contributed by atoms with Gasteiger partial charge in [0, 0.05) is 10.7 Å². The van der Waals surface area contributed by atoms with Crippen LogP contribution in [0.2, 0.25) is 5.02 Å². The molecule has 5 heteroatoms. The summed E-state index contributed by atoms with van der Waals surface area (Å²) in [4.78, 5) is 4.40. The molecule has 0 N–H and O–H groups in total. The van der Waals surface area contributed by atoms with Crippen LogP contribution in [-0.2, 0) is 0 Å². The number of thioether (sulfide) groups is 1. The topological polar surface area (TPSA) is 60.5 Å². The van der Waals surface area contributed by atoms with Crippen LogP contribution in [0.15, 0.2) is 35.4 Å². The maximum absolute atomic E-state index is 9.40. The Balaban J connectivity index is 2.38. The van der Waals surface area contributed by atoms with Crippen molar-refractivity contribution in [3.8, 4) is 12.1 Å². The number of rotatable bonds is 3. The van der Waals surface area contributed by atoms with Gasteiger partial charge in [0.2, 0.25) is 0 Å². The molecule has 1 aromatic carbocycles. The van der Waals surface area contributed by atoms with Crippen molar-refractivity contribution in [2.45, 2.75) is 24.1 Å². The number of pyridine rings is 1. The minimum atomic E-state index is -0.428. The standard InChI is InChI=1S/C16H12ClN3S/c1-10-7-11(2)20-16(14(10)8-18)21-15(9-19)12-3-5-13(17)6-4-12/h3-7,15H,1-2H3. The van der Waals surface area contributed by atoms with Crippen LogP contribution >= 0.6 is 23.4 Å². The van der Waals surface area contributed by atoms with Crippen molar-refractivity contribution in [3.05, 3.63) is 57.7 Å². The van der Waals surface area contributed by atoms with Gasteiger partial charge in [0.15, 0.2) is 0 Å². The van der Waals surface area contributed by atoms with E-state index in [4.69, 9.17) is 11.6 Å². The fraction of sp³-hybridized carbons (Fsp3) is 0.188. The molecule has 21 heavy (non-hydrogen) atoms. The molecule has 0 amide bonds. The smallest absolute Gasteiger partial charge is 0.123 e. The summed E-state index contributed by atoms with van der Waals surface area (Å²) in [6.07, 6.45) is 0. The molecular formula is C16H12ClN3S. The molecule has 3 nitrogen and oxygen atoms in total. The van der Waals surface area contributed by atoms with E-state index in [1.165, 1.54) is 11.8 Å². The van der Waals surface area contributed by atoms with Crippen molar-refractivity contribution in [3.63, 3.8) is 0 Å². The first-order valence-corrected chi connectivity index (χ1v) is 7.51. The molecule has 1 atom stereocenters. The van der Waals surface area contributed by atoms with Gasteiger partial charge in [0.05, 0.1) is 11.6 Å². The highest BCUT2D eigenvalue weighted by Gasteiger charge is 2.17. The Labute approximate surface area is 133 Å². The van der Waals surface area contributed by atoms with Gasteiger partial charge in [-0.2, -0.15) is 10.5 Å². The van der Waals surface area contributed by atoms with Gasteiger partial charge in [-0.25, -0.2) is 4.98 Å². The molecular weight excluding hydrogens is 302 g/mol. The van der Waals surface area contributed by atoms with Crippen LogP contribution in [0, 0.1) is 36.5 Å². The molecule has 1 unspecified atom stereocenters. The molecule has 104 valence electrons. The number of hydrogen-bond donors (Lipinski definition) is 0. The third-order valence-electron chi connectivity index (χ3n) is 2.94. The number of benzene rings is 1. The Morgan fingerprint density at radius 3 is 2.43 bits per heavy atom. The van der Waals surface area contributed by atoms with Crippen LogP contribution in [0.3, 0.4) is 0 Å². The number of hydrogen-bond acceptors (Lipinski definition) is 4. The summed E-state index contributed by atoms with van der Waals surface area (Å²) in [5.74, 6) is 0. The molecule has 0 aliphatic rings. The average molecular weight is 314 g/mol. The van der Waals surface area contributed by atoms with Gasteiger partial charge in [-0.15, -0.1) is 0 Å². The zero-order valence-corrected chi connectivity index (χ0v) is 13.2. The second-order valence-corrected chi connectivity index (χ2v) is 6.08. The molecule has 0 bridgehead atoms. The first-order valence-electron chi connectivity index (χ1n) is 6.25. The third-order valence-corrected chi connectivity index (χ3v) is 4.33. The number of aryl methyl sites for hydroxylation is 2. The minimum absolute atomic E-state index is 0.428. The van der Waals surface area contributed by atoms with Crippen LogP contribution in [0.25, 0.3) is 0 Å². The SMILES string of the molecule is Cc1cc(C)c(C#N)c(SC(C#N)c2ccc(Cl)cc2)n1. The number of halogens is 1. The van der Waals surface area contributed by atoms with Gasteiger partial charge >= 0.3 is 0 Å². The van der Waals surface area contributed by atoms with E-state index in [-0.39, 0.29) is 0 Å². The Morgan fingerprint density at radius 1 is 1.19 bits per heavy atom. The maximum Gasteiger partial charge on any atom is 0.123 e. The predicted molar refractivity (Wildman–Crippen MR) is 84.1 cm³/mol. The third kappa shape index (κ3) is 3.55. The van der Waals surface area contributed by atoms with Crippen molar-refractivity contribution in [1.29, 1.82) is 10.5 Å². The van der Waals surface area contributed by atoms with Gasteiger partial charge in [-0.3, -0.25) is 0 Å². The average Bonchev–Trinajstić information content (AvgIpc) is 2.45. The summed E-state index contributed by atoms with van der Waals surface area (Å²) in [6, 6.07) is 13.4. The molecule has 0 radical (unpaired) electrons. The summed E-state index contributed by atoms with van der Waals surface area (Å²) >= 11 is 7.15. The highest BCUT2D eigenvalue weighted by molar-refractivity contribution is 7.99. The Morgan fingerprint density at radius 2 is 1.86 bits per heavy atom. The highest BCUT2D eigenvalue weighted by Crippen LogP contribution is 2.36. The molecule has 0 fully saturated rings. The van der Waals surface area contributed by atoms with E-state index in [1.807, 2.05) is 32.0 Å². The summed E-state index contributed by atoms with van der Waals surface area (Å²) < 4.78 is 0. The van der Waals surface area contributed by atoms with Crippen molar-refractivity contribution < 1.29 is 0 Å². The van der Waals surface area contributed by atoms with E-state index in [0.717, 1.165) is 16.8 Å². The van der Waals surface area contributed by atoms with E-state index < -0.39 is 5.25 Å². The van der Waals surface area contributed by atoms with E-state index >= 15 is 0 Å². The molecule has 0 saturated carbocycles. The van der Waals surface area contributed by atoms with Gasteiger partial charge in [-0.05, 0) is 43.2 Å². The summed E-state index contributed by atoms with van der Waals surface area (Å²) in [7, 11) is 0. The van der Waals surface area contributed by atoms with Gasteiger partial charge in [-0.1, -0.05) is 35.5 Å². The number of nitrogens with zero attached hydrogens (tertiary/aromatic N) is 3. The summed E-state index contributed by atoms with van der Waals surface area (Å²) in [6.45, 7) is 3.75. The van der Waals surface area contributed by atoms with Gasteiger partial charge in [0.1, 0.15) is 16.3 Å². The first kappa shape index (κ1) is 15.4. The maximum atomic E-state index is 9.40. The number of nitriles is 2. The largest absolute Gasteiger partial charge is 0.245 e. The molecule has 1 aromatic heterocycles. The molecule has 1 heterocycles. The van der Waals surface area contributed by atoms with E-state index in [9.17, 15) is 10.5 Å². The zero-order valence-electron chi connectivity index (χ0n) is 11.6. The van der Waals surface area contributed by atoms with Crippen molar-refractivity contribution in [1.82, 2.24) is 4.98 Å². The van der Waals surface area contributed by atoms with E-state index in [0.29, 0.717) is 15.6 Å². The summed E-state index contributed by atoms with van der Waals surface area (Å²) in [5.41, 5.74) is 3.08. The first-order chi connectivity index (χ1) is 10.0. The normalized spacial score (nSPS) is 11.5. The molecule has 2 aromatic rings. The molecule has 2 rings (SSSR count). The van der Waals surface area contributed by atoms with Crippen LogP contribution in [-0.4, -0.2) is 4.98 Å². The van der Waals surface area contributed by atoms with Crippen molar-refractivity contribution >= 4 is 23.4 Å². The van der Waals surface area contributed by atoms with Crippen LogP contribution < -0.4 is 0 Å². The number of aromatic nitrogens is 1. The fourth-order valence-corrected chi connectivity index (χ4v) is 3.16. The Bertz CT molecular complexity index is 742. The van der Waals surface area contributed by atoms with E-state index in [2.05, 4.69) is 17.1 Å². The van der Waals surface area contributed by atoms with Gasteiger partial charge in [0.25, 0.3) is 0 Å². The molecule has 0 saturated heterocycles.